The zero-order chi connectivity index (χ0) is 17.6. The highest BCUT2D eigenvalue weighted by atomic mass is 16.6. The van der Waals surface area contributed by atoms with E-state index in [4.69, 9.17) is 4.74 Å². The molecule has 1 aromatic carbocycles. The number of nitrogens with zero attached hydrogens (tertiary/aromatic N) is 1. The molecule has 25 heavy (non-hydrogen) atoms. The number of benzene rings is 1. The van der Waals surface area contributed by atoms with Crippen LogP contribution in [0.2, 0.25) is 0 Å². The van der Waals surface area contributed by atoms with Crippen molar-refractivity contribution in [3.05, 3.63) is 33.9 Å². The Kier molecular flexibility index (Phi) is 4.13. The second kappa shape index (κ2) is 6.32. The Bertz CT molecular complexity index is 675. The molecule has 1 N–H and O–H groups in total. The molecule has 134 valence electrons. The zero-order valence-corrected chi connectivity index (χ0v) is 14.4. The fraction of sp³-hybridized carbons (Fsp3) is 0.632. The van der Waals surface area contributed by atoms with Crippen LogP contribution in [0.5, 0.6) is 0 Å². The second-order valence-corrected chi connectivity index (χ2v) is 7.81. The molecule has 4 fully saturated rings. The predicted octanol–water partition coefficient (Wildman–Crippen LogP) is 4.01. The predicted molar refractivity (Wildman–Crippen MR) is 93.5 cm³/mol. The van der Waals surface area contributed by atoms with Crippen molar-refractivity contribution in [2.75, 3.05) is 11.9 Å². The fourth-order valence-electron chi connectivity index (χ4n) is 5.49. The summed E-state index contributed by atoms with van der Waals surface area (Å²) in [5, 5.41) is 15.0. The molecule has 6 heteroatoms. The van der Waals surface area contributed by atoms with E-state index in [2.05, 4.69) is 5.32 Å². The summed E-state index contributed by atoms with van der Waals surface area (Å²) in [5.74, 6) is 2.45. The summed E-state index contributed by atoms with van der Waals surface area (Å²) in [6.45, 7) is 1.97. The lowest BCUT2D eigenvalue weighted by molar-refractivity contribution is -0.384. The number of anilines is 1. The summed E-state index contributed by atoms with van der Waals surface area (Å²) >= 11 is 0. The standard InChI is InChI=1S/C19H24N2O4/c1-2-25-19(22)13-3-4-16(17(10-13)21(23)24)20-18-14-6-11-5-12(8-14)9-15(18)7-11/h3-4,10-12,14-15,18,20H,2,5-9H2,1H3. The molecule has 0 unspecified atom stereocenters. The lowest BCUT2D eigenvalue weighted by atomic mass is 9.54. The van der Waals surface area contributed by atoms with Crippen molar-refractivity contribution >= 4 is 17.3 Å². The summed E-state index contributed by atoms with van der Waals surface area (Å²) in [6.07, 6.45) is 6.38. The third-order valence-corrected chi connectivity index (χ3v) is 6.25. The smallest absolute Gasteiger partial charge is 0.338 e. The van der Waals surface area contributed by atoms with E-state index < -0.39 is 10.9 Å². The number of hydrogen-bond acceptors (Lipinski definition) is 5. The van der Waals surface area contributed by atoms with Crippen molar-refractivity contribution in [2.24, 2.45) is 23.7 Å². The van der Waals surface area contributed by atoms with Crippen LogP contribution in [-0.2, 0) is 4.74 Å². The molecule has 4 saturated carbocycles. The highest BCUT2D eigenvalue weighted by Crippen LogP contribution is 2.54. The molecule has 5 rings (SSSR count). The van der Waals surface area contributed by atoms with E-state index in [-0.39, 0.29) is 17.9 Å². The van der Waals surface area contributed by atoms with Crippen molar-refractivity contribution in [1.82, 2.24) is 0 Å². The molecule has 6 nitrogen and oxygen atoms in total. The normalized spacial score (nSPS) is 32.4. The van der Waals surface area contributed by atoms with E-state index in [0.717, 1.165) is 11.8 Å². The minimum Gasteiger partial charge on any atom is -0.462 e. The summed E-state index contributed by atoms with van der Waals surface area (Å²) in [7, 11) is 0. The third kappa shape index (κ3) is 2.98. The van der Waals surface area contributed by atoms with Gasteiger partial charge in [-0.2, -0.15) is 0 Å². The monoisotopic (exact) mass is 344 g/mol. The largest absolute Gasteiger partial charge is 0.462 e. The average molecular weight is 344 g/mol. The SMILES string of the molecule is CCOC(=O)c1ccc(NC2C3CC4CC(C3)CC2C4)c([N+](=O)[O-])c1. The molecule has 0 atom stereocenters. The van der Waals surface area contributed by atoms with Crippen LogP contribution in [0.3, 0.4) is 0 Å². The first kappa shape index (κ1) is 16.4. The fourth-order valence-corrected chi connectivity index (χ4v) is 5.49. The highest BCUT2D eigenvalue weighted by Gasteiger charge is 2.48. The van der Waals surface area contributed by atoms with Crippen LogP contribution in [0.1, 0.15) is 49.4 Å². The third-order valence-electron chi connectivity index (χ3n) is 6.25. The van der Waals surface area contributed by atoms with Crippen LogP contribution in [0, 0.1) is 33.8 Å². The number of esters is 1. The second-order valence-electron chi connectivity index (χ2n) is 7.81. The lowest BCUT2D eigenvalue weighted by Crippen LogP contribution is -2.51. The van der Waals surface area contributed by atoms with Gasteiger partial charge in [-0.05, 0) is 74.8 Å². The summed E-state index contributed by atoms with van der Waals surface area (Å²) in [5.41, 5.74) is 0.707. The Morgan fingerprint density at radius 2 is 1.84 bits per heavy atom. The molecule has 0 amide bonds. The molecule has 4 aliphatic rings. The minimum atomic E-state index is -0.522. The molecule has 1 aromatic rings. The molecular formula is C19H24N2O4. The maximum absolute atomic E-state index is 11.9. The van der Waals surface area contributed by atoms with Gasteiger partial charge < -0.3 is 10.1 Å². The molecule has 0 spiro atoms. The number of nitro benzene ring substituents is 1. The number of ether oxygens (including phenoxy) is 1. The van der Waals surface area contributed by atoms with Gasteiger partial charge in [-0.15, -0.1) is 0 Å². The van der Waals surface area contributed by atoms with Crippen molar-refractivity contribution in [2.45, 2.75) is 45.1 Å². The van der Waals surface area contributed by atoms with E-state index in [0.29, 0.717) is 23.6 Å². The van der Waals surface area contributed by atoms with Gasteiger partial charge in [-0.1, -0.05) is 0 Å². The van der Waals surface area contributed by atoms with Crippen molar-refractivity contribution in [1.29, 1.82) is 0 Å². The molecule has 0 aliphatic heterocycles. The Morgan fingerprint density at radius 3 is 2.40 bits per heavy atom. The van der Waals surface area contributed by atoms with E-state index in [1.165, 1.54) is 38.2 Å². The van der Waals surface area contributed by atoms with Crippen LogP contribution in [0.4, 0.5) is 11.4 Å². The Labute approximate surface area is 147 Å². The number of carbonyl (C=O) groups is 1. The van der Waals surface area contributed by atoms with Crippen LogP contribution in [-0.4, -0.2) is 23.5 Å². The summed E-state index contributed by atoms with van der Waals surface area (Å²) in [4.78, 5) is 23.0. The van der Waals surface area contributed by atoms with Gasteiger partial charge >= 0.3 is 5.97 Å². The maximum Gasteiger partial charge on any atom is 0.338 e. The van der Waals surface area contributed by atoms with Crippen molar-refractivity contribution in [3.63, 3.8) is 0 Å². The van der Waals surface area contributed by atoms with E-state index in [1.807, 2.05) is 0 Å². The molecule has 0 radical (unpaired) electrons. The van der Waals surface area contributed by atoms with Crippen LogP contribution in [0.15, 0.2) is 18.2 Å². The van der Waals surface area contributed by atoms with Gasteiger partial charge in [-0.25, -0.2) is 4.79 Å². The first-order valence-corrected chi connectivity index (χ1v) is 9.27. The van der Waals surface area contributed by atoms with Crippen LogP contribution < -0.4 is 5.32 Å². The molecule has 4 bridgehead atoms. The molecular weight excluding hydrogens is 320 g/mol. The lowest BCUT2D eigenvalue weighted by Gasteiger charge is -2.54. The van der Waals surface area contributed by atoms with Crippen LogP contribution >= 0.6 is 0 Å². The van der Waals surface area contributed by atoms with Gasteiger partial charge in [0.1, 0.15) is 5.69 Å². The number of rotatable bonds is 5. The van der Waals surface area contributed by atoms with Crippen molar-refractivity contribution in [3.8, 4) is 0 Å². The maximum atomic E-state index is 11.9. The van der Waals surface area contributed by atoms with Gasteiger partial charge in [0.25, 0.3) is 5.69 Å². The first-order chi connectivity index (χ1) is 12.0. The first-order valence-electron chi connectivity index (χ1n) is 9.27. The summed E-state index contributed by atoms with van der Waals surface area (Å²) < 4.78 is 4.95. The van der Waals surface area contributed by atoms with Gasteiger partial charge in [0.15, 0.2) is 0 Å². The molecule has 0 aromatic heterocycles. The Hall–Kier alpha value is -2.11. The molecule has 4 aliphatic carbocycles. The zero-order valence-electron chi connectivity index (χ0n) is 14.4. The van der Waals surface area contributed by atoms with E-state index in [9.17, 15) is 14.9 Å². The Balaban J connectivity index is 1.58. The quantitative estimate of drug-likeness (QED) is 0.496. The van der Waals surface area contributed by atoms with Crippen molar-refractivity contribution < 1.29 is 14.5 Å². The van der Waals surface area contributed by atoms with E-state index in [1.54, 1.807) is 19.1 Å². The van der Waals surface area contributed by atoms with Gasteiger partial charge in [-0.3, -0.25) is 10.1 Å². The number of hydrogen-bond donors (Lipinski definition) is 1. The molecule has 0 saturated heterocycles. The number of nitrogens with one attached hydrogen (secondary N) is 1. The van der Waals surface area contributed by atoms with Gasteiger partial charge in [0.2, 0.25) is 0 Å². The minimum absolute atomic E-state index is 0.0423. The van der Waals surface area contributed by atoms with Crippen LogP contribution in [0.25, 0.3) is 0 Å². The van der Waals surface area contributed by atoms with Gasteiger partial charge in [0.05, 0.1) is 17.1 Å². The topological polar surface area (TPSA) is 81.5 Å². The highest BCUT2D eigenvalue weighted by molar-refractivity contribution is 5.91. The number of nitro groups is 1. The number of carbonyl (C=O) groups excluding carboxylic acids is 1. The average Bonchev–Trinajstić information content (AvgIpc) is 2.57. The molecule has 0 heterocycles. The Morgan fingerprint density at radius 1 is 1.20 bits per heavy atom. The van der Waals surface area contributed by atoms with Gasteiger partial charge in [0, 0.05) is 12.1 Å². The van der Waals surface area contributed by atoms with E-state index >= 15 is 0 Å². The summed E-state index contributed by atoms with van der Waals surface area (Å²) in [6, 6.07) is 4.93.